The molecule has 4 rings (SSSR count). The minimum Gasteiger partial charge on any atom is -0.352 e. The zero-order valence-electron chi connectivity index (χ0n) is 17.1. The van der Waals surface area contributed by atoms with Gasteiger partial charge in [-0.05, 0) is 65.1 Å². The monoisotopic (exact) mass is 469 g/mol. The molecule has 0 spiro atoms. The van der Waals surface area contributed by atoms with Gasteiger partial charge >= 0.3 is 0 Å². The summed E-state index contributed by atoms with van der Waals surface area (Å²) in [7, 11) is 0. The van der Waals surface area contributed by atoms with E-state index >= 15 is 0 Å². The number of carbonyl (C=O) groups excluding carboxylic acids is 2. The highest BCUT2D eigenvalue weighted by Crippen LogP contribution is 2.31. The number of hydrogen-bond acceptors (Lipinski definition) is 3. The Bertz CT molecular complexity index is 911. The molecule has 1 unspecified atom stereocenters. The number of piperidine rings is 1. The first-order valence-electron chi connectivity index (χ1n) is 10.7. The van der Waals surface area contributed by atoms with Crippen LogP contribution in [0.25, 0.3) is 0 Å². The maximum atomic E-state index is 12.8. The summed E-state index contributed by atoms with van der Waals surface area (Å²) in [6.07, 6.45) is 4.11. The number of likely N-dealkylation sites (tertiary alicyclic amines) is 1. The Balaban J connectivity index is 1.36. The fourth-order valence-corrected chi connectivity index (χ4v) is 4.85. The van der Waals surface area contributed by atoms with E-state index in [1.807, 2.05) is 30.3 Å². The highest BCUT2D eigenvalue weighted by atomic mass is 79.9. The Labute approximate surface area is 186 Å². The topological polar surface area (TPSA) is 52.7 Å². The molecule has 0 aliphatic carbocycles. The lowest BCUT2D eigenvalue weighted by molar-refractivity contribution is -0.126. The lowest BCUT2D eigenvalue weighted by Crippen LogP contribution is -2.33. The Morgan fingerprint density at radius 3 is 2.47 bits per heavy atom. The SMILES string of the molecule is O=C(NCc1ccccc1CN1CCCCC1)C1CC(=O)N(c2ccccc2Br)C1. The van der Waals surface area contributed by atoms with E-state index in [0.29, 0.717) is 13.1 Å². The molecule has 5 nitrogen and oxygen atoms in total. The van der Waals surface area contributed by atoms with Crippen LogP contribution in [0.2, 0.25) is 0 Å². The van der Waals surface area contributed by atoms with Crippen molar-refractivity contribution < 1.29 is 9.59 Å². The second-order valence-corrected chi connectivity index (χ2v) is 9.03. The van der Waals surface area contributed by atoms with Crippen LogP contribution in [0.3, 0.4) is 0 Å². The number of carbonyl (C=O) groups is 2. The number of nitrogens with one attached hydrogen (secondary N) is 1. The van der Waals surface area contributed by atoms with E-state index < -0.39 is 0 Å². The molecule has 0 bridgehead atoms. The summed E-state index contributed by atoms with van der Waals surface area (Å²) in [6.45, 7) is 4.15. The third kappa shape index (κ3) is 4.93. The van der Waals surface area contributed by atoms with Crippen LogP contribution in [-0.2, 0) is 22.7 Å². The largest absolute Gasteiger partial charge is 0.352 e. The van der Waals surface area contributed by atoms with Gasteiger partial charge in [-0.3, -0.25) is 14.5 Å². The van der Waals surface area contributed by atoms with E-state index in [4.69, 9.17) is 0 Å². The number of benzene rings is 2. The second kappa shape index (κ2) is 9.75. The van der Waals surface area contributed by atoms with Crippen LogP contribution in [0.1, 0.15) is 36.8 Å². The van der Waals surface area contributed by atoms with Gasteiger partial charge in [0, 0.05) is 30.5 Å². The molecule has 6 heteroatoms. The maximum absolute atomic E-state index is 12.8. The average molecular weight is 470 g/mol. The number of amides is 2. The molecule has 2 fully saturated rings. The van der Waals surface area contributed by atoms with Gasteiger partial charge in [-0.2, -0.15) is 0 Å². The first-order chi connectivity index (χ1) is 14.6. The fourth-order valence-electron chi connectivity index (χ4n) is 4.36. The number of anilines is 1. The van der Waals surface area contributed by atoms with Gasteiger partial charge in [-0.15, -0.1) is 0 Å². The van der Waals surface area contributed by atoms with E-state index in [-0.39, 0.29) is 24.2 Å². The molecule has 2 aliphatic heterocycles. The number of halogens is 1. The van der Waals surface area contributed by atoms with Crippen LogP contribution < -0.4 is 10.2 Å². The molecule has 158 valence electrons. The van der Waals surface area contributed by atoms with Crippen molar-refractivity contribution in [2.24, 2.45) is 5.92 Å². The van der Waals surface area contributed by atoms with Gasteiger partial charge in [0.1, 0.15) is 0 Å². The van der Waals surface area contributed by atoms with Gasteiger partial charge in [0.05, 0.1) is 11.6 Å². The predicted molar refractivity (Wildman–Crippen MR) is 122 cm³/mol. The summed E-state index contributed by atoms with van der Waals surface area (Å²) in [5.74, 6) is -0.378. The van der Waals surface area contributed by atoms with Gasteiger partial charge in [-0.1, -0.05) is 42.8 Å². The van der Waals surface area contributed by atoms with Crippen molar-refractivity contribution in [3.63, 3.8) is 0 Å². The fraction of sp³-hybridized carbons (Fsp3) is 0.417. The normalized spacial score (nSPS) is 19.8. The highest BCUT2D eigenvalue weighted by Gasteiger charge is 2.35. The van der Waals surface area contributed by atoms with E-state index in [0.717, 1.165) is 35.4 Å². The number of hydrogen-bond donors (Lipinski definition) is 1. The van der Waals surface area contributed by atoms with Crippen molar-refractivity contribution in [2.75, 3.05) is 24.5 Å². The first kappa shape index (κ1) is 21.1. The molecule has 2 heterocycles. The number of rotatable bonds is 6. The zero-order chi connectivity index (χ0) is 20.9. The molecular weight excluding hydrogens is 442 g/mol. The predicted octanol–water partition coefficient (Wildman–Crippen LogP) is 4.10. The van der Waals surface area contributed by atoms with Gasteiger partial charge in [-0.25, -0.2) is 0 Å². The van der Waals surface area contributed by atoms with Gasteiger partial charge in [0.15, 0.2) is 0 Å². The third-order valence-electron chi connectivity index (χ3n) is 6.05. The number of nitrogens with zero attached hydrogens (tertiary/aromatic N) is 2. The highest BCUT2D eigenvalue weighted by molar-refractivity contribution is 9.10. The molecule has 2 aromatic carbocycles. The standard InChI is InChI=1S/C24H28BrN3O2/c25-21-10-4-5-11-22(21)28-17-20(14-23(28)29)24(30)26-15-18-8-2-3-9-19(18)16-27-12-6-1-7-13-27/h2-5,8-11,20H,1,6-7,12-17H2,(H,26,30). The smallest absolute Gasteiger partial charge is 0.227 e. The van der Waals surface area contributed by atoms with Crippen LogP contribution in [-0.4, -0.2) is 36.3 Å². The van der Waals surface area contributed by atoms with Crippen molar-refractivity contribution in [3.8, 4) is 0 Å². The first-order valence-corrected chi connectivity index (χ1v) is 11.5. The van der Waals surface area contributed by atoms with Crippen molar-refractivity contribution >= 4 is 33.4 Å². The van der Waals surface area contributed by atoms with Gasteiger partial charge in [0.2, 0.25) is 11.8 Å². The summed E-state index contributed by atoms with van der Waals surface area (Å²) in [6, 6.07) is 16.0. The molecule has 1 N–H and O–H groups in total. The van der Waals surface area contributed by atoms with Gasteiger partial charge < -0.3 is 10.2 Å². The Morgan fingerprint density at radius 1 is 1.00 bits per heavy atom. The molecule has 0 aromatic heterocycles. The molecule has 0 saturated carbocycles. The van der Waals surface area contributed by atoms with Gasteiger partial charge in [0.25, 0.3) is 0 Å². The summed E-state index contributed by atoms with van der Waals surface area (Å²) >= 11 is 3.50. The minimum atomic E-state index is -0.320. The lowest BCUT2D eigenvalue weighted by Gasteiger charge is -2.27. The zero-order valence-corrected chi connectivity index (χ0v) is 18.7. The van der Waals surface area contributed by atoms with E-state index in [1.54, 1.807) is 4.90 Å². The Kier molecular flexibility index (Phi) is 6.85. The summed E-state index contributed by atoms with van der Waals surface area (Å²) in [5.41, 5.74) is 3.25. The second-order valence-electron chi connectivity index (χ2n) is 8.18. The van der Waals surface area contributed by atoms with E-state index in [1.165, 1.54) is 24.8 Å². The van der Waals surface area contributed by atoms with Crippen LogP contribution in [0, 0.1) is 5.92 Å². The number of para-hydroxylation sites is 1. The molecule has 2 amide bonds. The molecule has 0 radical (unpaired) electrons. The van der Waals surface area contributed by atoms with Crippen molar-refractivity contribution in [1.29, 1.82) is 0 Å². The summed E-state index contributed by atoms with van der Waals surface area (Å²) in [4.78, 5) is 29.5. The van der Waals surface area contributed by atoms with E-state index in [2.05, 4.69) is 44.3 Å². The van der Waals surface area contributed by atoms with Crippen molar-refractivity contribution in [1.82, 2.24) is 10.2 Å². The lowest BCUT2D eigenvalue weighted by atomic mass is 10.0. The van der Waals surface area contributed by atoms with Crippen LogP contribution in [0.4, 0.5) is 5.69 Å². The Hall–Kier alpha value is -2.18. The molecule has 2 saturated heterocycles. The van der Waals surface area contributed by atoms with Crippen LogP contribution in [0.15, 0.2) is 53.0 Å². The third-order valence-corrected chi connectivity index (χ3v) is 6.72. The van der Waals surface area contributed by atoms with Crippen LogP contribution >= 0.6 is 15.9 Å². The molecule has 30 heavy (non-hydrogen) atoms. The van der Waals surface area contributed by atoms with Crippen molar-refractivity contribution in [2.45, 2.75) is 38.8 Å². The summed E-state index contributed by atoms with van der Waals surface area (Å²) in [5, 5.41) is 3.08. The maximum Gasteiger partial charge on any atom is 0.227 e. The van der Waals surface area contributed by atoms with Crippen LogP contribution in [0.5, 0.6) is 0 Å². The van der Waals surface area contributed by atoms with Crippen molar-refractivity contribution in [3.05, 3.63) is 64.1 Å². The molecular formula is C24H28BrN3O2. The van der Waals surface area contributed by atoms with E-state index in [9.17, 15) is 9.59 Å². The molecule has 2 aromatic rings. The minimum absolute atomic E-state index is 0.00690. The molecule has 1 atom stereocenters. The summed E-state index contributed by atoms with van der Waals surface area (Å²) < 4.78 is 0.867. The average Bonchev–Trinajstić information content (AvgIpc) is 3.15. The Morgan fingerprint density at radius 2 is 1.70 bits per heavy atom. The quantitative estimate of drug-likeness (QED) is 0.692. The molecule has 2 aliphatic rings.